The molecule has 0 saturated carbocycles. The summed E-state index contributed by atoms with van der Waals surface area (Å²) in [5.41, 5.74) is 1.34. The highest BCUT2D eigenvalue weighted by atomic mass is 35.5. The molecule has 1 unspecified atom stereocenters. The summed E-state index contributed by atoms with van der Waals surface area (Å²) in [6.45, 7) is 3.52. The van der Waals surface area contributed by atoms with Crippen molar-refractivity contribution in [1.82, 2.24) is 20.1 Å². The van der Waals surface area contributed by atoms with Gasteiger partial charge >= 0.3 is 0 Å². The van der Waals surface area contributed by atoms with Crippen LogP contribution in [0, 0.1) is 17.0 Å². The number of rotatable bonds is 8. The Balaban J connectivity index is 1.61. The van der Waals surface area contributed by atoms with E-state index in [-0.39, 0.29) is 23.3 Å². The highest BCUT2D eigenvalue weighted by Crippen LogP contribution is 2.24. The molecule has 0 aliphatic heterocycles. The van der Waals surface area contributed by atoms with Crippen molar-refractivity contribution in [2.45, 2.75) is 25.0 Å². The number of anilines is 1. The lowest BCUT2D eigenvalue weighted by atomic mass is 10.2. The van der Waals surface area contributed by atoms with Crippen molar-refractivity contribution in [2.75, 3.05) is 11.1 Å². The van der Waals surface area contributed by atoms with Crippen molar-refractivity contribution in [3.05, 3.63) is 74.6 Å². The van der Waals surface area contributed by atoms with Gasteiger partial charge in [0.1, 0.15) is 0 Å². The summed E-state index contributed by atoms with van der Waals surface area (Å²) < 4.78 is 1.69. The van der Waals surface area contributed by atoms with Gasteiger partial charge in [-0.25, -0.2) is 0 Å². The van der Waals surface area contributed by atoms with Crippen LogP contribution in [0.1, 0.15) is 34.7 Å². The van der Waals surface area contributed by atoms with Gasteiger partial charge in [-0.15, -0.1) is 10.2 Å². The van der Waals surface area contributed by atoms with Gasteiger partial charge in [-0.2, -0.15) is 0 Å². The van der Waals surface area contributed by atoms with E-state index in [1.165, 1.54) is 12.1 Å². The maximum atomic E-state index is 12.5. The van der Waals surface area contributed by atoms with Crippen LogP contribution in [0.3, 0.4) is 0 Å². The second-order valence-corrected chi connectivity index (χ2v) is 8.52. The maximum Gasteiger partial charge on any atom is 0.271 e. The summed E-state index contributed by atoms with van der Waals surface area (Å²) >= 11 is 7.23. The molecule has 0 aliphatic rings. The fourth-order valence-corrected chi connectivity index (χ4v) is 3.93. The largest absolute Gasteiger partial charge is 0.342 e. The lowest BCUT2D eigenvalue weighted by molar-refractivity contribution is -0.384. The molecule has 2 N–H and O–H groups in total. The first kappa shape index (κ1) is 24.2. The van der Waals surface area contributed by atoms with Crippen molar-refractivity contribution < 1.29 is 14.5 Å². The number of carbonyl (C=O) groups is 2. The molecule has 1 aromatic heterocycles. The van der Waals surface area contributed by atoms with Crippen molar-refractivity contribution in [3.63, 3.8) is 0 Å². The van der Waals surface area contributed by atoms with Crippen LogP contribution in [0.5, 0.6) is 0 Å². The van der Waals surface area contributed by atoms with Gasteiger partial charge in [-0.05, 0) is 31.5 Å². The number of halogens is 1. The Morgan fingerprint density at radius 2 is 1.97 bits per heavy atom. The molecule has 0 radical (unpaired) electrons. The second kappa shape index (κ2) is 10.5. The number of non-ortho nitro benzene ring substituents is 1. The highest BCUT2D eigenvalue weighted by Gasteiger charge is 2.20. The predicted molar refractivity (Wildman–Crippen MR) is 126 cm³/mol. The number of thioether (sulfide) groups is 1. The van der Waals surface area contributed by atoms with E-state index in [9.17, 15) is 19.7 Å². The third kappa shape index (κ3) is 5.88. The Labute approximate surface area is 198 Å². The Hall–Kier alpha value is -3.44. The lowest BCUT2D eigenvalue weighted by Gasteiger charge is -2.14. The van der Waals surface area contributed by atoms with Crippen molar-refractivity contribution in [1.29, 1.82) is 0 Å². The normalized spacial score (nSPS) is 11.6. The number of benzene rings is 2. The first-order valence-corrected chi connectivity index (χ1v) is 11.2. The molecule has 0 spiro atoms. The molecule has 2 aromatic carbocycles. The van der Waals surface area contributed by atoms with Crippen LogP contribution < -0.4 is 10.6 Å². The number of amides is 2. The van der Waals surface area contributed by atoms with Crippen LogP contribution in [0.15, 0.2) is 47.6 Å². The molecular weight excluding hydrogens is 468 g/mol. The molecule has 172 valence electrons. The van der Waals surface area contributed by atoms with Crippen LogP contribution in [0.25, 0.3) is 0 Å². The standard InChI is InChI=1S/C21H21ClN6O4S/c1-12-8-9-14(28(31)32)10-17(12)24-18(29)11-33-21-26-25-19(27(21)3)13(2)23-20(30)15-6-4-5-7-16(15)22/h4-10,13H,11H2,1-3H3,(H,23,30)(H,24,29). The van der Waals surface area contributed by atoms with E-state index in [1.54, 1.807) is 55.8 Å². The van der Waals surface area contributed by atoms with E-state index in [1.807, 2.05) is 0 Å². The number of aromatic nitrogens is 3. The van der Waals surface area contributed by atoms with E-state index in [2.05, 4.69) is 20.8 Å². The smallest absolute Gasteiger partial charge is 0.271 e. The average Bonchev–Trinajstić information content (AvgIpc) is 3.14. The molecular formula is C21H21ClN6O4S. The van der Waals surface area contributed by atoms with E-state index in [0.717, 1.165) is 11.8 Å². The minimum atomic E-state index is -0.517. The van der Waals surface area contributed by atoms with Crippen molar-refractivity contribution >= 4 is 46.6 Å². The summed E-state index contributed by atoms with van der Waals surface area (Å²) in [6, 6.07) is 10.6. The fraction of sp³-hybridized carbons (Fsp3) is 0.238. The third-order valence-corrected chi connectivity index (χ3v) is 6.11. The lowest BCUT2D eigenvalue weighted by Crippen LogP contribution is -2.28. The molecule has 0 saturated heterocycles. The monoisotopic (exact) mass is 488 g/mol. The number of nitrogens with one attached hydrogen (secondary N) is 2. The van der Waals surface area contributed by atoms with Gasteiger partial charge in [0.25, 0.3) is 11.6 Å². The van der Waals surface area contributed by atoms with Gasteiger partial charge in [-0.3, -0.25) is 19.7 Å². The highest BCUT2D eigenvalue weighted by molar-refractivity contribution is 7.99. The first-order valence-electron chi connectivity index (χ1n) is 9.79. The molecule has 0 aliphatic carbocycles. The molecule has 1 heterocycles. The van der Waals surface area contributed by atoms with Crippen LogP contribution in [-0.4, -0.2) is 37.3 Å². The van der Waals surface area contributed by atoms with Crippen LogP contribution >= 0.6 is 23.4 Å². The maximum absolute atomic E-state index is 12.5. The van der Waals surface area contributed by atoms with Crippen LogP contribution in [0.4, 0.5) is 11.4 Å². The molecule has 0 bridgehead atoms. The molecule has 33 heavy (non-hydrogen) atoms. The van der Waals surface area contributed by atoms with E-state index < -0.39 is 11.0 Å². The first-order chi connectivity index (χ1) is 15.7. The fourth-order valence-electron chi connectivity index (χ4n) is 2.99. The molecule has 10 nitrogen and oxygen atoms in total. The zero-order valence-corrected chi connectivity index (χ0v) is 19.6. The Morgan fingerprint density at radius 1 is 1.24 bits per heavy atom. The summed E-state index contributed by atoms with van der Waals surface area (Å²) in [4.78, 5) is 35.3. The van der Waals surface area contributed by atoms with Gasteiger partial charge in [0.05, 0.1) is 33.0 Å². The number of nitro benzene ring substituents is 1. The van der Waals surface area contributed by atoms with Crippen LogP contribution in [-0.2, 0) is 11.8 Å². The summed E-state index contributed by atoms with van der Waals surface area (Å²) in [7, 11) is 1.73. The topological polar surface area (TPSA) is 132 Å². The molecule has 12 heteroatoms. The zero-order chi connectivity index (χ0) is 24.1. The number of aryl methyl sites for hydroxylation is 1. The molecule has 1 atom stereocenters. The Morgan fingerprint density at radius 3 is 2.67 bits per heavy atom. The average molecular weight is 489 g/mol. The third-order valence-electron chi connectivity index (χ3n) is 4.76. The molecule has 3 rings (SSSR count). The van der Waals surface area contributed by atoms with Crippen LogP contribution in [0.2, 0.25) is 5.02 Å². The molecule has 3 aromatic rings. The summed E-state index contributed by atoms with van der Waals surface area (Å²) in [6.07, 6.45) is 0. The van der Waals surface area contributed by atoms with Crippen molar-refractivity contribution in [3.8, 4) is 0 Å². The number of nitrogens with zero attached hydrogens (tertiary/aromatic N) is 4. The SMILES string of the molecule is Cc1ccc([N+](=O)[O-])cc1NC(=O)CSc1nnc(C(C)NC(=O)c2ccccc2Cl)n1C. The molecule has 0 fully saturated rings. The van der Waals surface area contributed by atoms with E-state index in [4.69, 9.17) is 11.6 Å². The number of hydrogen-bond donors (Lipinski definition) is 2. The predicted octanol–water partition coefficient (Wildman–Crippen LogP) is 3.91. The summed E-state index contributed by atoms with van der Waals surface area (Å²) in [5, 5.41) is 25.5. The van der Waals surface area contributed by atoms with Gasteiger partial charge in [0.15, 0.2) is 11.0 Å². The number of carbonyl (C=O) groups excluding carboxylic acids is 2. The Kier molecular flexibility index (Phi) is 7.67. The van der Waals surface area contributed by atoms with E-state index in [0.29, 0.717) is 32.8 Å². The minimum Gasteiger partial charge on any atom is -0.342 e. The second-order valence-electron chi connectivity index (χ2n) is 7.17. The molecule has 2 amide bonds. The Bertz CT molecular complexity index is 1220. The van der Waals surface area contributed by atoms with Crippen molar-refractivity contribution in [2.24, 2.45) is 7.05 Å². The quantitative estimate of drug-likeness (QED) is 0.279. The zero-order valence-electron chi connectivity index (χ0n) is 18.0. The number of hydrogen-bond acceptors (Lipinski definition) is 7. The van der Waals surface area contributed by atoms with E-state index >= 15 is 0 Å². The minimum absolute atomic E-state index is 0.0223. The van der Waals surface area contributed by atoms with Gasteiger partial charge < -0.3 is 15.2 Å². The number of nitro groups is 1. The summed E-state index contributed by atoms with van der Waals surface area (Å²) in [5.74, 6) is -0.146. The van der Waals surface area contributed by atoms with Gasteiger partial charge in [0, 0.05) is 19.2 Å². The van der Waals surface area contributed by atoms with Gasteiger partial charge in [-0.1, -0.05) is 41.6 Å². The van der Waals surface area contributed by atoms with Gasteiger partial charge in [0.2, 0.25) is 5.91 Å².